The lowest BCUT2D eigenvalue weighted by Gasteiger charge is -2.08. The number of pyridine rings is 2. The third-order valence-electron chi connectivity index (χ3n) is 3.33. The van der Waals surface area contributed by atoms with Crippen molar-refractivity contribution in [1.29, 1.82) is 0 Å². The molecule has 0 aliphatic rings. The molecule has 2 aromatic rings. The Labute approximate surface area is 137 Å². The molecule has 0 fully saturated rings. The molecule has 0 aromatic carbocycles. The van der Waals surface area contributed by atoms with Crippen molar-refractivity contribution in [3.63, 3.8) is 0 Å². The van der Waals surface area contributed by atoms with Crippen LogP contribution in [0.15, 0.2) is 49.1 Å². The molecule has 0 saturated heterocycles. The summed E-state index contributed by atoms with van der Waals surface area (Å²) in [6.07, 6.45) is 10.6. The predicted octanol–water partition coefficient (Wildman–Crippen LogP) is 4.15. The summed E-state index contributed by atoms with van der Waals surface area (Å²) < 4.78 is 4.40. The smallest absolute Gasteiger partial charge is 0.192 e. The number of hydrogen-bond acceptors (Lipinski definition) is 0. The lowest BCUT2D eigenvalue weighted by atomic mass is 10.2. The summed E-state index contributed by atoms with van der Waals surface area (Å²) in [5, 5.41) is 0. The first kappa shape index (κ1) is 15.6. The molecule has 0 bridgehead atoms. The van der Waals surface area contributed by atoms with Crippen molar-refractivity contribution in [3.05, 3.63) is 60.2 Å². The molecular formula is C16H20Br2N2+2. The summed E-state index contributed by atoms with van der Waals surface area (Å²) in [4.78, 5) is 0.656. The van der Waals surface area contributed by atoms with Crippen molar-refractivity contribution in [2.45, 2.75) is 36.6 Å². The first-order chi connectivity index (χ1) is 9.56. The van der Waals surface area contributed by atoms with Gasteiger partial charge >= 0.3 is 0 Å². The molecular weight excluding hydrogens is 380 g/mol. The molecule has 0 amide bonds. The molecule has 20 heavy (non-hydrogen) atoms. The highest BCUT2D eigenvalue weighted by molar-refractivity contribution is 9.09. The Hall–Kier alpha value is -0.740. The van der Waals surface area contributed by atoms with Gasteiger partial charge in [-0.25, -0.2) is 0 Å². The maximum atomic E-state index is 3.76. The van der Waals surface area contributed by atoms with Crippen LogP contribution in [0.4, 0.5) is 0 Å². The lowest BCUT2D eigenvalue weighted by Crippen LogP contribution is -2.38. The highest BCUT2D eigenvalue weighted by atomic mass is 79.9. The number of aryl methyl sites for hydroxylation is 2. The van der Waals surface area contributed by atoms with Crippen molar-refractivity contribution in [2.24, 2.45) is 0 Å². The van der Waals surface area contributed by atoms with Crippen LogP contribution in [0.5, 0.6) is 0 Å². The fourth-order valence-corrected chi connectivity index (χ4v) is 3.05. The summed E-state index contributed by atoms with van der Waals surface area (Å²) in [5.74, 6) is 0. The highest BCUT2D eigenvalue weighted by Crippen LogP contribution is 2.22. The summed E-state index contributed by atoms with van der Waals surface area (Å²) in [6.45, 7) is 4.21. The van der Waals surface area contributed by atoms with Gasteiger partial charge in [-0.1, -0.05) is 0 Å². The van der Waals surface area contributed by atoms with Crippen molar-refractivity contribution in [3.8, 4) is 0 Å². The molecule has 2 nitrogen and oxygen atoms in total. The summed E-state index contributed by atoms with van der Waals surface area (Å²) >= 11 is 7.51. The normalized spacial score (nSPS) is 14.0. The van der Waals surface area contributed by atoms with Gasteiger partial charge in [0, 0.05) is 37.1 Å². The van der Waals surface area contributed by atoms with E-state index >= 15 is 0 Å². The van der Waals surface area contributed by atoms with Gasteiger partial charge in [-0.3, -0.25) is 0 Å². The van der Waals surface area contributed by atoms with Crippen molar-refractivity contribution in [1.82, 2.24) is 0 Å². The third-order valence-corrected chi connectivity index (χ3v) is 5.19. The van der Waals surface area contributed by atoms with Gasteiger partial charge in [0.05, 0.1) is 0 Å². The predicted molar refractivity (Wildman–Crippen MR) is 87.9 cm³/mol. The topological polar surface area (TPSA) is 7.76 Å². The molecule has 106 valence electrons. The van der Waals surface area contributed by atoms with Gasteiger partial charge in [0.2, 0.25) is 9.90 Å². The van der Waals surface area contributed by atoms with E-state index < -0.39 is 0 Å². The van der Waals surface area contributed by atoms with E-state index in [0.29, 0.717) is 9.90 Å². The van der Waals surface area contributed by atoms with Crippen LogP contribution in [0, 0.1) is 13.8 Å². The Balaban J connectivity index is 1.91. The van der Waals surface area contributed by atoms with E-state index in [9.17, 15) is 0 Å². The average molecular weight is 400 g/mol. The summed E-state index contributed by atoms with van der Waals surface area (Å²) in [5.41, 5.74) is 2.57. The molecule has 4 heteroatoms. The monoisotopic (exact) mass is 398 g/mol. The molecule has 0 radical (unpaired) electrons. The zero-order valence-corrected chi connectivity index (χ0v) is 15.0. The van der Waals surface area contributed by atoms with E-state index in [1.54, 1.807) is 0 Å². The molecule has 2 aromatic heterocycles. The standard InChI is InChI=1S/C16H20Br2N2/c1-13-5-9-19(10-6-13)15(17)3-4-16(18)20-11-7-14(2)8-12-20/h5-12,15-16H,3-4H2,1-2H3/q+2. The molecule has 0 aliphatic heterocycles. The van der Waals surface area contributed by atoms with E-state index in [2.05, 4.69) is 104 Å². The van der Waals surface area contributed by atoms with Gasteiger partial charge in [0.15, 0.2) is 24.8 Å². The molecule has 2 unspecified atom stereocenters. The van der Waals surface area contributed by atoms with Gasteiger partial charge in [0.25, 0.3) is 0 Å². The number of hydrogen-bond donors (Lipinski definition) is 0. The molecule has 2 atom stereocenters. The number of rotatable bonds is 5. The molecule has 0 aliphatic carbocycles. The fraction of sp³-hybridized carbons (Fsp3) is 0.375. The highest BCUT2D eigenvalue weighted by Gasteiger charge is 2.20. The Morgan fingerprint density at radius 3 is 1.35 bits per heavy atom. The zero-order chi connectivity index (χ0) is 14.5. The molecule has 0 N–H and O–H groups in total. The number of nitrogens with zero attached hydrogens (tertiary/aromatic N) is 2. The molecule has 0 saturated carbocycles. The third kappa shape index (κ3) is 4.38. The molecule has 2 rings (SSSR count). The van der Waals surface area contributed by atoms with E-state index in [1.165, 1.54) is 11.1 Å². The maximum absolute atomic E-state index is 3.76. The van der Waals surface area contributed by atoms with Crippen LogP contribution in [0.3, 0.4) is 0 Å². The van der Waals surface area contributed by atoms with Crippen LogP contribution < -0.4 is 9.13 Å². The molecule has 0 spiro atoms. The van der Waals surface area contributed by atoms with Crippen LogP contribution in [0.1, 0.15) is 33.9 Å². The number of aromatic nitrogens is 2. The van der Waals surface area contributed by atoms with Gasteiger partial charge in [-0.2, -0.15) is 9.13 Å². The van der Waals surface area contributed by atoms with Gasteiger partial charge in [0.1, 0.15) is 0 Å². The van der Waals surface area contributed by atoms with Crippen LogP contribution in [0.2, 0.25) is 0 Å². The van der Waals surface area contributed by atoms with E-state index in [1.807, 2.05) is 0 Å². The van der Waals surface area contributed by atoms with Crippen molar-refractivity contribution < 1.29 is 9.13 Å². The Morgan fingerprint density at radius 2 is 1.05 bits per heavy atom. The SMILES string of the molecule is Cc1cc[n+](C(Br)CCC(Br)[n+]2ccc(C)cc2)cc1. The van der Waals surface area contributed by atoms with Crippen LogP contribution in [0.25, 0.3) is 0 Å². The minimum absolute atomic E-state index is 0.328. The fourth-order valence-electron chi connectivity index (χ4n) is 1.97. The molecule has 2 heterocycles. The second-order valence-electron chi connectivity index (χ2n) is 5.09. The van der Waals surface area contributed by atoms with Crippen LogP contribution >= 0.6 is 31.9 Å². The lowest BCUT2D eigenvalue weighted by molar-refractivity contribution is -0.709. The number of alkyl halides is 2. The summed E-state index contributed by atoms with van der Waals surface area (Å²) in [6, 6.07) is 8.53. The van der Waals surface area contributed by atoms with E-state index in [-0.39, 0.29) is 0 Å². The summed E-state index contributed by atoms with van der Waals surface area (Å²) in [7, 11) is 0. The minimum Gasteiger partial charge on any atom is -0.192 e. The second-order valence-corrected chi connectivity index (χ2v) is 7.21. The Morgan fingerprint density at radius 1 is 0.750 bits per heavy atom. The van der Waals surface area contributed by atoms with Crippen molar-refractivity contribution >= 4 is 31.9 Å². The number of halogens is 2. The van der Waals surface area contributed by atoms with Crippen molar-refractivity contribution in [2.75, 3.05) is 0 Å². The van der Waals surface area contributed by atoms with E-state index in [0.717, 1.165) is 12.8 Å². The van der Waals surface area contributed by atoms with E-state index in [4.69, 9.17) is 0 Å². The van der Waals surface area contributed by atoms with Gasteiger partial charge < -0.3 is 0 Å². The maximum Gasteiger partial charge on any atom is 0.212 e. The Bertz CT molecular complexity index is 486. The largest absolute Gasteiger partial charge is 0.212 e. The van der Waals surface area contributed by atoms with Gasteiger partial charge in [-0.15, -0.1) is 0 Å². The quantitative estimate of drug-likeness (QED) is 0.527. The van der Waals surface area contributed by atoms with Gasteiger partial charge in [-0.05, 0) is 56.8 Å². The van der Waals surface area contributed by atoms with Crippen LogP contribution in [-0.2, 0) is 0 Å². The minimum atomic E-state index is 0.328. The second kappa shape index (κ2) is 7.32. The average Bonchev–Trinajstić information content (AvgIpc) is 2.46. The Kier molecular flexibility index (Phi) is 5.73. The first-order valence-electron chi connectivity index (χ1n) is 6.79. The zero-order valence-electron chi connectivity index (χ0n) is 11.8. The van der Waals surface area contributed by atoms with Crippen LogP contribution in [-0.4, -0.2) is 0 Å². The first-order valence-corrected chi connectivity index (χ1v) is 8.62.